The number of hydrogen-bond acceptors (Lipinski definition) is 5. The second-order valence-corrected chi connectivity index (χ2v) is 8.25. The van der Waals surface area contributed by atoms with Gasteiger partial charge in [0.1, 0.15) is 6.10 Å². The first-order valence-corrected chi connectivity index (χ1v) is 9.15. The van der Waals surface area contributed by atoms with Gasteiger partial charge in [0, 0.05) is 32.1 Å². The largest absolute Gasteiger partial charge is 0.454 e. The van der Waals surface area contributed by atoms with E-state index in [1.54, 1.807) is 7.11 Å². The Hall–Kier alpha value is -1.17. The zero-order chi connectivity index (χ0) is 18.4. The molecule has 2 saturated heterocycles. The number of methoxy groups -OCH3 is 1. The van der Waals surface area contributed by atoms with Crippen LogP contribution < -0.4 is 0 Å². The van der Waals surface area contributed by atoms with Gasteiger partial charge in [0.05, 0.1) is 17.6 Å². The predicted molar refractivity (Wildman–Crippen MR) is 93.9 cm³/mol. The number of rotatable bonds is 4. The van der Waals surface area contributed by atoms with Crippen molar-refractivity contribution in [3.63, 3.8) is 0 Å². The van der Waals surface area contributed by atoms with Crippen LogP contribution in [-0.2, 0) is 23.7 Å². The number of hydrogen-bond donors (Lipinski definition) is 0. The van der Waals surface area contributed by atoms with E-state index in [-0.39, 0.29) is 29.7 Å². The molecule has 0 aromatic carbocycles. The van der Waals surface area contributed by atoms with Gasteiger partial charge in [0.15, 0.2) is 5.79 Å². The Morgan fingerprint density at radius 3 is 2.76 bits per heavy atom. The van der Waals surface area contributed by atoms with Crippen LogP contribution in [0.1, 0.15) is 47.0 Å². The first kappa shape index (κ1) is 18.6. The molecule has 0 aromatic heterocycles. The van der Waals surface area contributed by atoms with Crippen molar-refractivity contribution in [3.8, 4) is 0 Å². The maximum atomic E-state index is 12.2. The molecule has 3 heterocycles. The van der Waals surface area contributed by atoms with Crippen molar-refractivity contribution in [1.82, 2.24) is 0 Å². The highest BCUT2D eigenvalue weighted by molar-refractivity contribution is 5.91. The molecule has 2 fully saturated rings. The molecule has 140 valence electrons. The zero-order valence-corrected chi connectivity index (χ0v) is 16.0. The van der Waals surface area contributed by atoms with Gasteiger partial charge in [0.2, 0.25) is 0 Å². The summed E-state index contributed by atoms with van der Waals surface area (Å²) in [5, 5.41) is 0. The minimum absolute atomic E-state index is 0.175. The maximum absolute atomic E-state index is 12.2. The molecule has 25 heavy (non-hydrogen) atoms. The number of ether oxygens (including phenoxy) is 4. The third kappa shape index (κ3) is 3.29. The summed E-state index contributed by atoms with van der Waals surface area (Å²) in [5.41, 5.74) is 1.07. The molecule has 3 aliphatic heterocycles. The lowest BCUT2D eigenvalue weighted by atomic mass is 9.81. The van der Waals surface area contributed by atoms with Crippen LogP contribution >= 0.6 is 0 Å². The van der Waals surface area contributed by atoms with Crippen LogP contribution in [0.3, 0.4) is 0 Å². The minimum atomic E-state index is -0.747. The molecule has 0 aromatic rings. The van der Waals surface area contributed by atoms with Gasteiger partial charge >= 0.3 is 5.97 Å². The van der Waals surface area contributed by atoms with Crippen LogP contribution in [0.5, 0.6) is 0 Å². The monoisotopic (exact) mass is 350 g/mol. The summed E-state index contributed by atoms with van der Waals surface area (Å²) in [6.07, 6.45) is 3.76. The Morgan fingerprint density at radius 1 is 1.40 bits per heavy atom. The van der Waals surface area contributed by atoms with Gasteiger partial charge in [-0.1, -0.05) is 20.4 Å². The SMILES string of the molecule is C=C1C(=O)O[C@@H]2/C=C(/C)[C@@]3(OC)CC[C@@](C)(C[C@@H](OCC(C)C)[C@@H]12)O3. The third-order valence-electron chi connectivity index (χ3n) is 5.68. The van der Waals surface area contributed by atoms with Crippen molar-refractivity contribution in [2.45, 2.75) is 70.6 Å². The standard InChI is InChI=1S/C20H30O5/c1-12(2)11-23-16-10-19(5)7-8-20(22-6,25-19)13(3)9-15-17(16)14(4)18(21)24-15/h9,12,15-17H,4,7-8,10-11H2,1-3,5-6H3/b13-9-/t15-,16-,17+,19+,20-/m1/s1. The molecule has 0 spiro atoms. The highest BCUT2D eigenvalue weighted by Crippen LogP contribution is 2.49. The molecule has 5 heteroatoms. The number of carbonyl (C=O) groups excluding carboxylic acids is 1. The number of carbonyl (C=O) groups is 1. The van der Waals surface area contributed by atoms with Crippen LogP contribution in [0, 0.1) is 11.8 Å². The second kappa shape index (κ2) is 6.53. The summed E-state index contributed by atoms with van der Waals surface area (Å²) < 4.78 is 24.1. The minimum Gasteiger partial charge on any atom is -0.454 e. The van der Waals surface area contributed by atoms with Crippen molar-refractivity contribution in [2.24, 2.45) is 11.8 Å². The van der Waals surface area contributed by atoms with Gasteiger partial charge in [0.25, 0.3) is 0 Å². The average Bonchev–Trinajstić information content (AvgIpc) is 3.03. The normalized spacial score (nSPS) is 43.1. The lowest BCUT2D eigenvalue weighted by molar-refractivity contribution is -0.218. The summed E-state index contributed by atoms with van der Waals surface area (Å²) in [6.45, 7) is 12.9. The van der Waals surface area contributed by atoms with E-state index in [9.17, 15) is 4.79 Å². The third-order valence-corrected chi connectivity index (χ3v) is 5.68. The molecule has 5 atom stereocenters. The molecular formula is C20H30O5. The van der Waals surface area contributed by atoms with Crippen molar-refractivity contribution in [3.05, 3.63) is 23.8 Å². The molecule has 5 nitrogen and oxygen atoms in total. The quantitative estimate of drug-likeness (QED) is 0.442. The predicted octanol–water partition coefficient (Wildman–Crippen LogP) is 3.39. The van der Waals surface area contributed by atoms with E-state index in [1.807, 2.05) is 13.0 Å². The lowest BCUT2D eigenvalue weighted by Crippen LogP contribution is -2.40. The molecule has 0 unspecified atom stereocenters. The van der Waals surface area contributed by atoms with E-state index in [0.29, 0.717) is 24.5 Å². The van der Waals surface area contributed by atoms with E-state index >= 15 is 0 Å². The second-order valence-electron chi connectivity index (χ2n) is 8.25. The number of esters is 1. The van der Waals surface area contributed by atoms with E-state index < -0.39 is 5.79 Å². The van der Waals surface area contributed by atoms with Gasteiger partial charge in [-0.15, -0.1) is 0 Å². The summed E-state index contributed by atoms with van der Waals surface area (Å²) in [6, 6.07) is 0. The highest BCUT2D eigenvalue weighted by atomic mass is 16.7. The van der Waals surface area contributed by atoms with Gasteiger partial charge in [-0.2, -0.15) is 0 Å². The van der Waals surface area contributed by atoms with E-state index in [1.165, 1.54) is 0 Å². The summed E-state index contributed by atoms with van der Waals surface area (Å²) in [5.74, 6) is -0.856. The fraction of sp³-hybridized carbons (Fsp3) is 0.750. The molecule has 0 aliphatic carbocycles. The van der Waals surface area contributed by atoms with E-state index in [4.69, 9.17) is 18.9 Å². The maximum Gasteiger partial charge on any atom is 0.334 e. The molecule has 0 N–H and O–H groups in total. The van der Waals surface area contributed by atoms with Crippen molar-refractivity contribution < 1.29 is 23.7 Å². The molecule has 0 saturated carbocycles. The molecule has 0 amide bonds. The van der Waals surface area contributed by atoms with E-state index in [2.05, 4.69) is 27.4 Å². The van der Waals surface area contributed by atoms with Gasteiger partial charge in [-0.25, -0.2) is 4.79 Å². The first-order valence-electron chi connectivity index (χ1n) is 9.15. The average molecular weight is 350 g/mol. The zero-order valence-electron chi connectivity index (χ0n) is 16.0. The molecule has 2 bridgehead atoms. The van der Waals surface area contributed by atoms with Crippen LogP contribution in [0.15, 0.2) is 23.8 Å². The Morgan fingerprint density at radius 2 is 2.12 bits per heavy atom. The molecular weight excluding hydrogens is 320 g/mol. The topological polar surface area (TPSA) is 54.0 Å². The smallest absolute Gasteiger partial charge is 0.334 e. The Balaban J connectivity index is 2.01. The van der Waals surface area contributed by atoms with Gasteiger partial charge < -0.3 is 18.9 Å². The van der Waals surface area contributed by atoms with Gasteiger partial charge in [-0.05, 0) is 37.8 Å². The van der Waals surface area contributed by atoms with E-state index in [0.717, 1.165) is 18.4 Å². The summed E-state index contributed by atoms with van der Waals surface area (Å²) in [7, 11) is 1.67. The Labute approximate surface area is 150 Å². The fourth-order valence-corrected chi connectivity index (χ4v) is 4.24. The van der Waals surface area contributed by atoms with Crippen LogP contribution in [0.4, 0.5) is 0 Å². The van der Waals surface area contributed by atoms with Crippen molar-refractivity contribution >= 4 is 5.97 Å². The molecule has 0 radical (unpaired) electrons. The highest BCUT2D eigenvalue weighted by Gasteiger charge is 2.54. The van der Waals surface area contributed by atoms with Crippen molar-refractivity contribution in [2.75, 3.05) is 13.7 Å². The lowest BCUT2D eigenvalue weighted by Gasteiger charge is -2.35. The fourth-order valence-electron chi connectivity index (χ4n) is 4.24. The Bertz CT molecular complexity index is 595. The van der Waals surface area contributed by atoms with Crippen LogP contribution in [0.2, 0.25) is 0 Å². The van der Waals surface area contributed by atoms with Gasteiger partial charge in [-0.3, -0.25) is 0 Å². The summed E-state index contributed by atoms with van der Waals surface area (Å²) >= 11 is 0. The Kier molecular flexibility index (Phi) is 4.86. The molecule has 3 aliphatic rings. The van der Waals surface area contributed by atoms with Crippen LogP contribution in [-0.4, -0.2) is 43.3 Å². The number of fused-ring (bicyclic) bond motifs is 3. The summed E-state index contributed by atoms with van der Waals surface area (Å²) in [4.78, 5) is 12.2. The first-order chi connectivity index (χ1) is 11.7. The molecule has 3 rings (SSSR count). The van der Waals surface area contributed by atoms with Crippen molar-refractivity contribution in [1.29, 1.82) is 0 Å². The van der Waals surface area contributed by atoms with Crippen LogP contribution in [0.25, 0.3) is 0 Å².